The summed E-state index contributed by atoms with van der Waals surface area (Å²) in [5.41, 5.74) is 2.96. The molecule has 0 spiro atoms. The van der Waals surface area contributed by atoms with Crippen LogP contribution < -0.4 is 10.9 Å². The molecule has 1 aliphatic carbocycles. The molecular formula is C31H31FN6O6. The van der Waals surface area contributed by atoms with E-state index in [1.807, 2.05) is 0 Å². The summed E-state index contributed by atoms with van der Waals surface area (Å²) in [5.74, 6) is -1.41. The van der Waals surface area contributed by atoms with Crippen molar-refractivity contribution >= 4 is 22.8 Å². The number of fused-ring (bicyclic) bond motifs is 5. The standard InChI is InChI=1S/C31H31FN6O6/c1-3-31(43)20-10-24-28-18(13-37(24)29(41)19(20)14-44-30(31)42)27-22(5-4-17-15(2)21(32)11-23(35-28)26(17)27)34-25(40)6-8-38-16(7-9-39)12-33-36-38/h10-12,22,39,43H,3-9,13-14H2,1-2H3,(H,34,40)/t22-,31-/m0/s1. The van der Waals surface area contributed by atoms with Crippen molar-refractivity contribution in [2.45, 2.75) is 77.3 Å². The molecule has 0 saturated heterocycles. The Labute approximate surface area is 250 Å². The van der Waals surface area contributed by atoms with Crippen molar-refractivity contribution < 1.29 is 28.9 Å². The van der Waals surface area contributed by atoms with Crippen molar-refractivity contribution in [1.29, 1.82) is 0 Å². The number of carbonyl (C=O) groups is 2. The molecule has 0 radical (unpaired) electrons. The number of aryl methyl sites for hydroxylation is 2. The smallest absolute Gasteiger partial charge is 0.343 e. The molecule has 7 rings (SSSR count). The highest BCUT2D eigenvalue weighted by Crippen LogP contribution is 2.46. The Morgan fingerprint density at radius 1 is 1.25 bits per heavy atom. The highest BCUT2D eigenvalue weighted by Gasteiger charge is 2.46. The lowest BCUT2D eigenvalue weighted by atomic mass is 9.81. The Balaban J connectivity index is 1.33. The van der Waals surface area contributed by atoms with Gasteiger partial charge in [-0.1, -0.05) is 12.1 Å². The molecule has 0 fully saturated rings. The first-order chi connectivity index (χ1) is 21.2. The number of amides is 1. The Hall–Kier alpha value is -4.49. The van der Waals surface area contributed by atoms with E-state index >= 15 is 4.39 Å². The van der Waals surface area contributed by atoms with Gasteiger partial charge in [-0.05, 0) is 48.9 Å². The zero-order chi connectivity index (χ0) is 30.9. The largest absolute Gasteiger partial charge is 0.458 e. The number of carbonyl (C=O) groups excluding carboxylic acids is 2. The minimum Gasteiger partial charge on any atom is -0.458 e. The van der Waals surface area contributed by atoms with E-state index in [4.69, 9.17) is 9.72 Å². The molecule has 13 heteroatoms. The molecule has 1 amide bonds. The van der Waals surface area contributed by atoms with Crippen LogP contribution in [0.3, 0.4) is 0 Å². The fourth-order valence-corrected chi connectivity index (χ4v) is 6.95. The number of hydrogen-bond donors (Lipinski definition) is 3. The van der Waals surface area contributed by atoms with Crippen molar-refractivity contribution in [1.82, 2.24) is 29.9 Å². The van der Waals surface area contributed by atoms with E-state index in [1.54, 1.807) is 35.4 Å². The van der Waals surface area contributed by atoms with Crippen LogP contribution in [-0.2, 0) is 52.5 Å². The summed E-state index contributed by atoms with van der Waals surface area (Å²) in [6, 6.07) is 2.58. The van der Waals surface area contributed by atoms with Crippen LogP contribution in [0, 0.1) is 12.7 Å². The number of nitrogens with zero attached hydrogens (tertiary/aromatic N) is 5. The molecule has 0 unspecified atom stereocenters. The minimum atomic E-state index is -1.97. The number of rotatable bonds is 7. The fraction of sp³-hybridized carbons (Fsp3) is 0.419. The lowest BCUT2D eigenvalue weighted by molar-refractivity contribution is -0.172. The second-order valence-electron chi connectivity index (χ2n) is 11.6. The van der Waals surface area contributed by atoms with Gasteiger partial charge >= 0.3 is 5.97 Å². The van der Waals surface area contributed by atoms with Crippen molar-refractivity contribution in [3.8, 4) is 11.4 Å². The number of ether oxygens (including phenoxy) is 1. The van der Waals surface area contributed by atoms with Gasteiger partial charge in [0.25, 0.3) is 5.56 Å². The molecule has 0 bridgehead atoms. The molecular weight excluding hydrogens is 571 g/mol. The maximum atomic E-state index is 15.1. The van der Waals surface area contributed by atoms with Gasteiger partial charge in [0.2, 0.25) is 5.91 Å². The monoisotopic (exact) mass is 602 g/mol. The third-order valence-electron chi connectivity index (χ3n) is 9.33. The predicted molar refractivity (Wildman–Crippen MR) is 154 cm³/mol. The van der Waals surface area contributed by atoms with E-state index < -0.39 is 23.2 Å². The zero-order valence-corrected chi connectivity index (χ0v) is 24.3. The van der Waals surface area contributed by atoms with Gasteiger partial charge < -0.3 is 24.8 Å². The lowest BCUT2D eigenvalue weighted by Gasteiger charge is -2.31. The number of benzene rings is 1. The molecule has 1 aromatic carbocycles. The molecule has 2 aliphatic heterocycles. The summed E-state index contributed by atoms with van der Waals surface area (Å²) in [5, 5.41) is 32.3. The van der Waals surface area contributed by atoms with Crippen LogP contribution in [0.15, 0.2) is 23.1 Å². The minimum absolute atomic E-state index is 0.0169. The number of aromatic nitrogens is 5. The Bertz CT molecular complexity index is 1950. The first-order valence-electron chi connectivity index (χ1n) is 14.8. The normalized spacial score (nSPS) is 19.8. The number of halogens is 1. The van der Waals surface area contributed by atoms with Crippen LogP contribution in [0.2, 0.25) is 0 Å². The van der Waals surface area contributed by atoms with E-state index in [9.17, 15) is 24.6 Å². The summed E-state index contributed by atoms with van der Waals surface area (Å²) >= 11 is 0. The number of cyclic esters (lactones) is 1. The van der Waals surface area contributed by atoms with Crippen LogP contribution in [0.25, 0.3) is 22.3 Å². The average Bonchev–Trinajstić information content (AvgIpc) is 3.62. The highest BCUT2D eigenvalue weighted by atomic mass is 19.1. The van der Waals surface area contributed by atoms with Crippen LogP contribution in [0.4, 0.5) is 4.39 Å². The summed E-state index contributed by atoms with van der Waals surface area (Å²) in [6.07, 6.45) is 3.14. The number of pyridine rings is 2. The molecule has 0 saturated carbocycles. The number of aliphatic hydroxyl groups is 2. The van der Waals surface area contributed by atoms with E-state index in [-0.39, 0.29) is 62.0 Å². The molecule has 3 N–H and O–H groups in total. The quantitative estimate of drug-likeness (QED) is 0.236. The van der Waals surface area contributed by atoms with Crippen LogP contribution >= 0.6 is 0 Å². The van der Waals surface area contributed by atoms with Gasteiger partial charge in [0.1, 0.15) is 12.4 Å². The van der Waals surface area contributed by atoms with E-state index in [0.29, 0.717) is 41.7 Å². The lowest BCUT2D eigenvalue weighted by Crippen LogP contribution is -2.44. The van der Waals surface area contributed by atoms with Gasteiger partial charge in [0.05, 0.1) is 53.5 Å². The molecule has 44 heavy (non-hydrogen) atoms. The van der Waals surface area contributed by atoms with Crippen LogP contribution in [0.1, 0.15) is 71.3 Å². The predicted octanol–water partition coefficient (Wildman–Crippen LogP) is 1.85. The van der Waals surface area contributed by atoms with Crippen molar-refractivity contribution in [2.75, 3.05) is 6.61 Å². The van der Waals surface area contributed by atoms with Gasteiger partial charge in [0.15, 0.2) is 5.60 Å². The average molecular weight is 603 g/mol. The topological polar surface area (TPSA) is 161 Å². The second-order valence-corrected chi connectivity index (χ2v) is 11.6. The van der Waals surface area contributed by atoms with E-state index in [2.05, 4.69) is 15.6 Å². The number of aliphatic hydroxyl groups excluding tert-OH is 1. The summed E-state index contributed by atoms with van der Waals surface area (Å²) < 4.78 is 23.5. The molecule has 228 valence electrons. The zero-order valence-electron chi connectivity index (χ0n) is 24.3. The van der Waals surface area contributed by atoms with Gasteiger partial charge in [-0.3, -0.25) is 9.59 Å². The Morgan fingerprint density at radius 2 is 2.07 bits per heavy atom. The maximum absolute atomic E-state index is 15.1. The van der Waals surface area contributed by atoms with Crippen molar-refractivity contribution in [2.24, 2.45) is 0 Å². The number of hydrogen-bond acceptors (Lipinski definition) is 9. The number of esters is 1. The van der Waals surface area contributed by atoms with Gasteiger partial charge in [-0.2, -0.15) is 0 Å². The SMILES string of the molecule is CC[C@@]1(O)C(=O)OCc2c1cc1n(c2=O)Cc2c-1nc1cc(F)c(C)c3c1c2[C@@H](NC(=O)CCn1nncc1CCO)CC3. The van der Waals surface area contributed by atoms with E-state index in [1.165, 1.54) is 6.07 Å². The maximum Gasteiger partial charge on any atom is 0.343 e. The van der Waals surface area contributed by atoms with Gasteiger partial charge in [0, 0.05) is 42.0 Å². The molecule has 3 aliphatic rings. The molecule has 5 heterocycles. The summed E-state index contributed by atoms with van der Waals surface area (Å²) in [6.45, 7) is 3.53. The van der Waals surface area contributed by atoms with Gasteiger partial charge in [-0.25, -0.2) is 18.9 Å². The summed E-state index contributed by atoms with van der Waals surface area (Å²) in [7, 11) is 0. The number of nitrogens with one attached hydrogen (secondary N) is 1. The Kier molecular flexibility index (Phi) is 6.63. The molecule has 3 aromatic heterocycles. The first-order valence-corrected chi connectivity index (χ1v) is 14.8. The van der Waals surface area contributed by atoms with E-state index in [0.717, 1.165) is 27.8 Å². The molecule has 4 aromatic rings. The fourth-order valence-electron chi connectivity index (χ4n) is 6.95. The Morgan fingerprint density at radius 3 is 2.84 bits per heavy atom. The van der Waals surface area contributed by atoms with Crippen molar-refractivity contribution in [3.05, 3.63) is 73.6 Å². The second kappa shape index (κ2) is 10.3. The molecule has 2 atom stereocenters. The van der Waals surface area contributed by atoms with Crippen LogP contribution in [0.5, 0.6) is 0 Å². The highest BCUT2D eigenvalue weighted by molar-refractivity contribution is 5.94. The van der Waals surface area contributed by atoms with Gasteiger partial charge in [-0.15, -0.1) is 5.10 Å². The summed E-state index contributed by atoms with van der Waals surface area (Å²) in [4.78, 5) is 44.5. The third-order valence-corrected chi connectivity index (χ3v) is 9.33. The molecule has 12 nitrogen and oxygen atoms in total. The first kappa shape index (κ1) is 28.3. The van der Waals surface area contributed by atoms with Crippen LogP contribution in [-0.4, -0.2) is 53.2 Å². The third kappa shape index (κ3) is 4.09. The van der Waals surface area contributed by atoms with Crippen molar-refractivity contribution in [3.63, 3.8) is 0 Å².